The van der Waals surface area contributed by atoms with E-state index in [9.17, 15) is 0 Å². The maximum Gasteiger partial charge on any atom is 0.0741 e. The van der Waals surface area contributed by atoms with Crippen molar-refractivity contribution in [2.75, 3.05) is 37.6 Å². The number of piperazine rings is 1. The first-order valence-electron chi connectivity index (χ1n) is 8.76. The summed E-state index contributed by atoms with van der Waals surface area (Å²) in [6.07, 6.45) is 1.98. The molecule has 0 saturated carbocycles. The highest BCUT2D eigenvalue weighted by Gasteiger charge is 2.31. The Bertz CT molecular complexity index is 808. The van der Waals surface area contributed by atoms with E-state index in [-0.39, 0.29) is 24.8 Å². The number of rotatable bonds is 3. The van der Waals surface area contributed by atoms with E-state index in [4.69, 9.17) is 16.6 Å². The fourth-order valence-electron chi connectivity index (χ4n) is 3.81. The molecule has 2 aliphatic heterocycles. The van der Waals surface area contributed by atoms with Gasteiger partial charge in [0.25, 0.3) is 0 Å². The second-order valence-electron chi connectivity index (χ2n) is 6.61. The van der Waals surface area contributed by atoms with Crippen LogP contribution >= 0.6 is 36.4 Å². The minimum absolute atomic E-state index is 0. The molecule has 27 heavy (non-hydrogen) atoms. The van der Waals surface area contributed by atoms with Gasteiger partial charge in [0.05, 0.1) is 18.3 Å². The van der Waals surface area contributed by atoms with Gasteiger partial charge >= 0.3 is 0 Å². The molecule has 144 valence electrons. The van der Waals surface area contributed by atoms with Crippen molar-refractivity contribution in [2.24, 2.45) is 4.99 Å². The lowest BCUT2D eigenvalue weighted by molar-refractivity contribution is 0.246. The van der Waals surface area contributed by atoms with Gasteiger partial charge in [-0.05, 0) is 18.2 Å². The second kappa shape index (κ2) is 9.61. The number of nitrogens with zero attached hydrogens (tertiary/aromatic N) is 3. The molecule has 1 unspecified atom stereocenters. The first kappa shape index (κ1) is 21.8. The summed E-state index contributed by atoms with van der Waals surface area (Å²) in [7, 11) is 0. The molecule has 6 heteroatoms. The van der Waals surface area contributed by atoms with E-state index < -0.39 is 0 Å². The summed E-state index contributed by atoms with van der Waals surface area (Å²) < 4.78 is 0. The molecular formula is C21H24Cl3N3. The first-order chi connectivity index (χ1) is 12.3. The van der Waals surface area contributed by atoms with E-state index in [1.54, 1.807) is 0 Å². The molecule has 0 aromatic heterocycles. The lowest BCUT2D eigenvalue weighted by Gasteiger charge is -2.41. The molecule has 0 aliphatic carbocycles. The molecule has 2 aromatic carbocycles. The summed E-state index contributed by atoms with van der Waals surface area (Å²) in [5.74, 6) is 0. The van der Waals surface area contributed by atoms with Crippen molar-refractivity contribution in [3.8, 4) is 0 Å². The maximum atomic E-state index is 6.33. The third-order valence-corrected chi connectivity index (χ3v) is 5.22. The van der Waals surface area contributed by atoms with E-state index in [0.717, 1.165) is 54.6 Å². The zero-order chi connectivity index (χ0) is 17.2. The van der Waals surface area contributed by atoms with E-state index >= 15 is 0 Å². The molecule has 0 amide bonds. The van der Waals surface area contributed by atoms with Gasteiger partial charge in [-0.2, -0.15) is 0 Å². The van der Waals surface area contributed by atoms with Crippen molar-refractivity contribution in [1.82, 2.24) is 4.90 Å². The average Bonchev–Trinajstić information content (AvgIpc) is 2.79. The second-order valence-corrected chi connectivity index (χ2v) is 7.05. The van der Waals surface area contributed by atoms with Crippen molar-refractivity contribution in [3.05, 3.63) is 77.3 Å². The Kier molecular flexibility index (Phi) is 7.75. The van der Waals surface area contributed by atoms with E-state index in [2.05, 4.69) is 52.8 Å². The van der Waals surface area contributed by atoms with E-state index in [1.807, 2.05) is 18.2 Å². The highest BCUT2D eigenvalue weighted by Crippen LogP contribution is 2.32. The van der Waals surface area contributed by atoms with Crippen LogP contribution in [-0.2, 0) is 0 Å². The van der Waals surface area contributed by atoms with Crippen LogP contribution in [-0.4, -0.2) is 49.4 Å². The Morgan fingerprint density at radius 1 is 1.11 bits per heavy atom. The van der Waals surface area contributed by atoms with Gasteiger partial charge in [-0.25, -0.2) is 0 Å². The van der Waals surface area contributed by atoms with E-state index in [1.165, 1.54) is 5.69 Å². The van der Waals surface area contributed by atoms with Gasteiger partial charge in [-0.15, -0.1) is 31.4 Å². The minimum Gasteiger partial charge on any atom is -0.364 e. The van der Waals surface area contributed by atoms with Crippen molar-refractivity contribution in [3.63, 3.8) is 0 Å². The summed E-state index contributed by atoms with van der Waals surface area (Å²) in [6, 6.07) is 17.0. The van der Waals surface area contributed by atoms with Crippen LogP contribution in [0.1, 0.15) is 11.1 Å². The average molecular weight is 425 g/mol. The van der Waals surface area contributed by atoms with Crippen LogP contribution in [0, 0.1) is 0 Å². The number of fused-ring (bicyclic) bond motifs is 3. The van der Waals surface area contributed by atoms with Gasteiger partial charge in [-0.1, -0.05) is 48.0 Å². The predicted molar refractivity (Wildman–Crippen MR) is 121 cm³/mol. The Labute approximate surface area is 178 Å². The van der Waals surface area contributed by atoms with Crippen molar-refractivity contribution < 1.29 is 0 Å². The SMILES string of the molecule is C=CCN1CCN2c3ccc(Cl)cc3C(c3ccccc3)=NCC2C1.Cl.Cl. The third-order valence-electron chi connectivity index (χ3n) is 4.98. The van der Waals surface area contributed by atoms with Gasteiger partial charge in [0.1, 0.15) is 0 Å². The number of hydrogen-bond donors (Lipinski definition) is 0. The highest BCUT2D eigenvalue weighted by atomic mass is 35.5. The summed E-state index contributed by atoms with van der Waals surface area (Å²) in [5, 5.41) is 0.756. The lowest BCUT2D eigenvalue weighted by atomic mass is 9.99. The molecule has 2 aromatic rings. The zero-order valence-corrected chi connectivity index (χ0v) is 17.4. The summed E-state index contributed by atoms with van der Waals surface area (Å²) >= 11 is 6.33. The molecule has 0 radical (unpaired) electrons. The van der Waals surface area contributed by atoms with Crippen LogP contribution in [0.2, 0.25) is 5.02 Å². The molecular weight excluding hydrogens is 401 g/mol. The number of benzene rings is 2. The van der Waals surface area contributed by atoms with Crippen LogP contribution < -0.4 is 4.90 Å². The Morgan fingerprint density at radius 3 is 2.63 bits per heavy atom. The molecule has 1 atom stereocenters. The summed E-state index contributed by atoms with van der Waals surface area (Å²) in [4.78, 5) is 9.97. The summed E-state index contributed by atoms with van der Waals surface area (Å²) in [5.41, 5.74) is 4.57. The van der Waals surface area contributed by atoms with Gasteiger partial charge in [0, 0.05) is 48.0 Å². The predicted octanol–water partition coefficient (Wildman–Crippen LogP) is 4.71. The number of halogens is 3. The molecule has 0 N–H and O–H groups in total. The largest absolute Gasteiger partial charge is 0.364 e. The van der Waals surface area contributed by atoms with E-state index in [0.29, 0.717) is 6.04 Å². The maximum absolute atomic E-state index is 6.33. The normalized spacial score (nSPS) is 18.8. The van der Waals surface area contributed by atoms with Crippen molar-refractivity contribution in [1.29, 1.82) is 0 Å². The fraction of sp³-hybridized carbons (Fsp3) is 0.286. The van der Waals surface area contributed by atoms with Gasteiger partial charge in [0.2, 0.25) is 0 Å². The Balaban J connectivity index is 0.00000131. The zero-order valence-electron chi connectivity index (χ0n) is 15.1. The number of hydrogen-bond acceptors (Lipinski definition) is 3. The standard InChI is InChI=1S/C21H22ClN3.2ClH/c1-2-10-24-11-12-25-18(15-24)14-23-21(16-6-4-3-5-7-16)19-13-17(22)8-9-20(19)25;;/h2-9,13,18H,1,10-12,14-15H2;2*1H. The molecule has 3 nitrogen and oxygen atoms in total. The minimum atomic E-state index is 0. The highest BCUT2D eigenvalue weighted by molar-refractivity contribution is 6.31. The molecule has 1 saturated heterocycles. The third kappa shape index (κ3) is 4.49. The Hall–Kier alpha value is -1.52. The molecule has 2 heterocycles. The van der Waals surface area contributed by atoms with Crippen LogP contribution in [0.25, 0.3) is 0 Å². The molecule has 0 spiro atoms. The van der Waals surface area contributed by atoms with Crippen LogP contribution in [0.3, 0.4) is 0 Å². The van der Waals surface area contributed by atoms with Gasteiger partial charge in [0.15, 0.2) is 0 Å². The van der Waals surface area contributed by atoms with Crippen molar-refractivity contribution >= 4 is 47.8 Å². The van der Waals surface area contributed by atoms with Crippen molar-refractivity contribution in [2.45, 2.75) is 6.04 Å². The molecule has 2 aliphatic rings. The van der Waals surface area contributed by atoms with Gasteiger partial charge in [-0.3, -0.25) is 9.89 Å². The first-order valence-corrected chi connectivity index (χ1v) is 9.14. The van der Waals surface area contributed by atoms with Crippen LogP contribution in [0.4, 0.5) is 5.69 Å². The number of aliphatic imine (C=N–C) groups is 1. The van der Waals surface area contributed by atoms with Crippen LogP contribution in [0.5, 0.6) is 0 Å². The lowest BCUT2D eigenvalue weighted by Crippen LogP contribution is -2.54. The topological polar surface area (TPSA) is 18.8 Å². The number of anilines is 1. The smallest absolute Gasteiger partial charge is 0.0741 e. The quantitative estimate of drug-likeness (QED) is 0.664. The molecule has 0 bridgehead atoms. The molecule has 1 fully saturated rings. The molecule has 4 rings (SSSR count). The van der Waals surface area contributed by atoms with Crippen LogP contribution in [0.15, 0.2) is 66.2 Å². The monoisotopic (exact) mass is 423 g/mol. The summed E-state index contributed by atoms with van der Waals surface area (Å²) in [6.45, 7) is 8.68. The van der Waals surface area contributed by atoms with Gasteiger partial charge < -0.3 is 4.90 Å². The fourth-order valence-corrected chi connectivity index (χ4v) is 3.99. The Morgan fingerprint density at radius 2 is 1.89 bits per heavy atom.